The van der Waals surface area contributed by atoms with Gasteiger partial charge in [0.2, 0.25) is 0 Å². The van der Waals surface area contributed by atoms with E-state index in [1.807, 2.05) is 17.5 Å². The monoisotopic (exact) mass is 343 g/mol. The summed E-state index contributed by atoms with van der Waals surface area (Å²) in [5.74, 6) is 0.993. The van der Waals surface area contributed by atoms with Crippen molar-refractivity contribution in [3.8, 4) is 10.6 Å². The second-order valence-corrected chi connectivity index (χ2v) is 8.26. The van der Waals surface area contributed by atoms with Crippen LogP contribution in [0.15, 0.2) is 29.6 Å². The number of aryl methyl sites for hydroxylation is 1. The molecule has 3 aromatic rings. The molecule has 0 aliphatic heterocycles. The van der Waals surface area contributed by atoms with Crippen LogP contribution in [0.2, 0.25) is 0 Å². The van der Waals surface area contributed by atoms with Gasteiger partial charge in [0.05, 0.1) is 4.88 Å². The van der Waals surface area contributed by atoms with Crippen molar-refractivity contribution in [1.29, 1.82) is 0 Å². The summed E-state index contributed by atoms with van der Waals surface area (Å²) < 4.78 is 1.91. The molecule has 0 atom stereocenters. The van der Waals surface area contributed by atoms with Crippen molar-refractivity contribution in [3.63, 3.8) is 0 Å². The van der Waals surface area contributed by atoms with Crippen molar-refractivity contribution in [2.24, 2.45) is 5.41 Å². The number of nitrogens with one attached hydrogen (secondary N) is 1. The third-order valence-corrected chi connectivity index (χ3v) is 4.71. The molecular formula is C18H25N5S. The zero-order valence-electron chi connectivity index (χ0n) is 15.0. The zero-order valence-corrected chi connectivity index (χ0v) is 15.8. The van der Waals surface area contributed by atoms with Gasteiger partial charge in [-0.05, 0) is 37.9 Å². The van der Waals surface area contributed by atoms with E-state index in [-0.39, 0.29) is 5.41 Å². The predicted molar refractivity (Wildman–Crippen MR) is 102 cm³/mol. The molecule has 0 aliphatic carbocycles. The highest BCUT2D eigenvalue weighted by Gasteiger charge is 2.19. The lowest BCUT2D eigenvalue weighted by atomic mass is 9.93. The second-order valence-electron chi connectivity index (χ2n) is 7.32. The first-order chi connectivity index (χ1) is 11.3. The minimum Gasteiger partial charge on any atom is -0.369 e. The largest absolute Gasteiger partial charge is 0.369 e. The minimum atomic E-state index is 0.163. The third-order valence-electron chi connectivity index (χ3n) is 3.82. The number of hydrogen-bond acceptors (Lipinski definition) is 5. The molecule has 128 valence electrons. The van der Waals surface area contributed by atoms with Gasteiger partial charge in [-0.25, -0.2) is 4.98 Å². The van der Waals surface area contributed by atoms with E-state index in [1.54, 1.807) is 11.3 Å². The minimum absolute atomic E-state index is 0.163. The van der Waals surface area contributed by atoms with Gasteiger partial charge in [-0.15, -0.1) is 11.3 Å². The molecule has 0 aliphatic rings. The Bertz CT molecular complexity index is 817. The maximum Gasteiger partial charge on any atom is 0.158 e. The Morgan fingerprint density at radius 1 is 1.29 bits per heavy atom. The van der Waals surface area contributed by atoms with E-state index in [1.165, 1.54) is 0 Å². The SMILES string of the molecule is Cc1cc(NCC(C)(C)CN(C)C)n2nc(-c3cccs3)cc2n1. The first kappa shape index (κ1) is 16.9. The molecule has 0 fully saturated rings. The summed E-state index contributed by atoms with van der Waals surface area (Å²) >= 11 is 1.70. The fourth-order valence-corrected chi connectivity index (χ4v) is 3.69. The van der Waals surface area contributed by atoms with Gasteiger partial charge in [0.25, 0.3) is 0 Å². The Morgan fingerprint density at radius 3 is 2.75 bits per heavy atom. The predicted octanol–water partition coefficient (Wildman–Crippen LogP) is 3.77. The van der Waals surface area contributed by atoms with Gasteiger partial charge in [0.15, 0.2) is 5.65 Å². The lowest BCUT2D eigenvalue weighted by molar-refractivity contribution is 0.254. The molecule has 0 bridgehead atoms. The van der Waals surface area contributed by atoms with E-state index >= 15 is 0 Å². The van der Waals surface area contributed by atoms with E-state index in [9.17, 15) is 0 Å². The Labute approximate surface area is 147 Å². The molecule has 6 heteroatoms. The van der Waals surface area contributed by atoms with Gasteiger partial charge in [-0.2, -0.15) is 9.61 Å². The lowest BCUT2D eigenvalue weighted by Gasteiger charge is -2.29. The molecule has 0 saturated heterocycles. The van der Waals surface area contributed by atoms with Crippen molar-refractivity contribution in [2.45, 2.75) is 20.8 Å². The fraction of sp³-hybridized carbons (Fsp3) is 0.444. The number of fused-ring (bicyclic) bond motifs is 1. The van der Waals surface area contributed by atoms with Crippen LogP contribution in [0.25, 0.3) is 16.2 Å². The van der Waals surface area contributed by atoms with E-state index in [2.05, 4.69) is 66.7 Å². The van der Waals surface area contributed by atoms with Crippen molar-refractivity contribution >= 4 is 22.8 Å². The van der Waals surface area contributed by atoms with Crippen molar-refractivity contribution in [2.75, 3.05) is 32.5 Å². The van der Waals surface area contributed by atoms with Crippen LogP contribution in [0.1, 0.15) is 19.5 Å². The van der Waals surface area contributed by atoms with Crippen molar-refractivity contribution < 1.29 is 0 Å². The molecule has 0 saturated carbocycles. The molecule has 24 heavy (non-hydrogen) atoms. The summed E-state index contributed by atoms with van der Waals surface area (Å²) in [6.45, 7) is 8.45. The molecule has 1 N–H and O–H groups in total. The van der Waals surface area contributed by atoms with Crippen molar-refractivity contribution in [1.82, 2.24) is 19.5 Å². The van der Waals surface area contributed by atoms with Crippen LogP contribution < -0.4 is 5.32 Å². The Hall–Kier alpha value is -1.92. The molecule has 3 aromatic heterocycles. The normalized spacial score (nSPS) is 12.2. The number of aromatic nitrogens is 3. The number of anilines is 1. The summed E-state index contributed by atoms with van der Waals surface area (Å²) in [6, 6.07) is 8.25. The van der Waals surface area contributed by atoms with E-state index in [0.717, 1.165) is 40.8 Å². The summed E-state index contributed by atoms with van der Waals surface area (Å²) in [4.78, 5) is 8.00. The molecule has 3 heterocycles. The first-order valence-electron chi connectivity index (χ1n) is 8.14. The first-order valence-corrected chi connectivity index (χ1v) is 9.02. The summed E-state index contributed by atoms with van der Waals surface area (Å²) in [7, 11) is 4.22. The Balaban J connectivity index is 1.90. The number of nitrogens with zero attached hydrogens (tertiary/aromatic N) is 4. The highest BCUT2D eigenvalue weighted by atomic mass is 32.1. The Morgan fingerprint density at radius 2 is 2.08 bits per heavy atom. The van der Waals surface area contributed by atoms with Crippen LogP contribution in [-0.2, 0) is 0 Å². The van der Waals surface area contributed by atoms with Gasteiger partial charge in [-0.3, -0.25) is 0 Å². The van der Waals surface area contributed by atoms with Crippen LogP contribution in [0, 0.1) is 12.3 Å². The average Bonchev–Trinajstić information content (AvgIpc) is 3.11. The molecule has 0 aromatic carbocycles. The quantitative estimate of drug-likeness (QED) is 0.740. The number of hydrogen-bond donors (Lipinski definition) is 1. The van der Waals surface area contributed by atoms with Crippen LogP contribution >= 0.6 is 11.3 Å². The average molecular weight is 344 g/mol. The van der Waals surface area contributed by atoms with E-state index < -0.39 is 0 Å². The standard InChI is InChI=1S/C18H25N5S/c1-13-9-16(19-11-18(2,3)12-22(4)5)23-17(20-13)10-14(21-23)15-7-6-8-24-15/h6-10,19H,11-12H2,1-5H3. The van der Waals surface area contributed by atoms with Crippen LogP contribution in [-0.4, -0.2) is 46.7 Å². The molecular weight excluding hydrogens is 318 g/mol. The van der Waals surface area contributed by atoms with Gasteiger partial charge in [-0.1, -0.05) is 19.9 Å². The molecule has 3 rings (SSSR count). The van der Waals surface area contributed by atoms with Gasteiger partial charge < -0.3 is 10.2 Å². The van der Waals surface area contributed by atoms with E-state index in [4.69, 9.17) is 5.10 Å². The maximum absolute atomic E-state index is 4.75. The molecule has 0 unspecified atom stereocenters. The van der Waals surface area contributed by atoms with Crippen LogP contribution in [0.3, 0.4) is 0 Å². The number of thiophene rings is 1. The molecule has 0 amide bonds. The summed E-state index contributed by atoms with van der Waals surface area (Å²) in [6.07, 6.45) is 0. The highest BCUT2D eigenvalue weighted by molar-refractivity contribution is 7.13. The lowest BCUT2D eigenvalue weighted by Crippen LogP contribution is -2.34. The molecule has 5 nitrogen and oxygen atoms in total. The topological polar surface area (TPSA) is 45.5 Å². The van der Waals surface area contributed by atoms with Crippen molar-refractivity contribution in [3.05, 3.63) is 35.3 Å². The van der Waals surface area contributed by atoms with Crippen LogP contribution in [0.4, 0.5) is 5.82 Å². The summed E-state index contributed by atoms with van der Waals surface area (Å²) in [5, 5.41) is 10.4. The zero-order chi connectivity index (χ0) is 17.3. The third kappa shape index (κ3) is 3.76. The number of rotatable bonds is 6. The van der Waals surface area contributed by atoms with Gasteiger partial charge >= 0.3 is 0 Å². The van der Waals surface area contributed by atoms with Gasteiger partial charge in [0.1, 0.15) is 11.5 Å². The second kappa shape index (κ2) is 6.53. The maximum atomic E-state index is 4.75. The smallest absolute Gasteiger partial charge is 0.158 e. The molecule has 0 radical (unpaired) electrons. The highest BCUT2D eigenvalue weighted by Crippen LogP contribution is 2.26. The van der Waals surface area contributed by atoms with E-state index in [0.29, 0.717) is 0 Å². The van der Waals surface area contributed by atoms with Crippen LogP contribution in [0.5, 0.6) is 0 Å². The fourth-order valence-electron chi connectivity index (χ4n) is 3.01. The Kier molecular flexibility index (Phi) is 4.60. The summed E-state index contributed by atoms with van der Waals surface area (Å²) in [5.41, 5.74) is 3.01. The van der Waals surface area contributed by atoms with Gasteiger partial charge in [0, 0.05) is 30.9 Å². The molecule has 0 spiro atoms.